The van der Waals surface area contributed by atoms with Gasteiger partial charge in [0.05, 0.1) is 0 Å². The minimum atomic E-state index is -3.72. The number of hydrogen-bond donors (Lipinski definition) is 2. The van der Waals surface area contributed by atoms with Crippen LogP contribution in [0.4, 0.5) is 0 Å². The summed E-state index contributed by atoms with van der Waals surface area (Å²) in [6.07, 6.45) is 19.7. The summed E-state index contributed by atoms with van der Waals surface area (Å²) in [6.45, 7) is 4.51. The number of unbranched alkanes of at least 4 members (excludes halogenated alkanes) is 12. The predicted octanol–water partition coefficient (Wildman–Crippen LogP) is 7.79. The Morgan fingerprint density at radius 2 is 0.818 bits per heavy atom. The number of aryl methyl sites for hydroxylation is 2. The summed E-state index contributed by atoms with van der Waals surface area (Å²) in [5.41, 5.74) is 2.24. The van der Waals surface area contributed by atoms with Gasteiger partial charge in [0.1, 0.15) is 0 Å². The second-order valence-corrected chi connectivity index (χ2v) is 12.2. The molecule has 2 aromatic carbocycles. The van der Waals surface area contributed by atoms with Crippen molar-refractivity contribution in [2.75, 3.05) is 0 Å². The molecule has 0 radical (unpaired) electrons. The molecule has 2 aromatic rings. The summed E-state index contributed by atoms with van der Waals surface area (Å²) in [7, 11) is -3.72. The van der Waals surface area contributed by atoms with Crippen LogP contribution in [0.5, 0.6) is 0 Å². The van der Waals surface area contributed by atoms with E-state index >= 15 is 0 Å². The van der Waals surface area contributed by atoms with Crippen LogP contribution in [0, 0.1) is 0 Å². The fraction of sp³-hybridized carbons (Fsp3) is 0.600. The van der Waals surface area contributed by atoms with Gasteiger partial charge in [-0.15, -0.1) is 0 Å². The quantitative estimate of drug-likeness (QED) is 0.172. The Balaban J connectivity index is 1.98. The van der Waals surface area contributed by atoms with E-state index in [2.05, 4.69) is 26.0 Å². The summed E-state index contributed by atoms with van der Waals surface area (Å²) in [5.74, 6) is 0. The van der Waals surface area contributed by atoms with E-state index in [0.29, 0.717) is 0 Å². The molecule has 0 atom stereocenters. The zero-order valence-electron chi connectivity index (χ0n) is 21.3. The third kappa shape index (κ3) is 9.89. The van der Waals surface area contributed by atoms with E-state index in [1.807, 2.05) is 36.4 Å². The maximum absolute atomic E-state index is 11.5. The summed E-state index contributed by atoms with van der Waals surface area (Å²) >= 11 is 0. The molecule has 186 valence electrons. The Hall–Kier alpha value is -1.21. The molecule has 0 amide bonds. The van der Waals surface area contributed by atoms with Crippen molar-refractivity contribution in [1.82, 2.24) is 0 Å². The minimum absolute atomic E-state index is 0.781. The average Bonchev–Trinajstić information content (AvgIpc) is 2.83. The first-order valence-corrected chi connectivity index (χ1v) is 15.6. The third-order valence-electron chi connectivity index (χ3n) is 6.89. The monoisotopic (exact) mass is 472 g/mol. The Morgan fingerprint density at radius 3 is 1.21 bits per heavy atom. The second kappa shape index (κ2) is 16.4. The molecule has 0 unspecified atom stereocenters. The zero-order chi connectivity index (χ0) is 23.8. The van der Waals surface area contributed by atoms with Crippen molar-refractivity contribution in [3.8, 4) is 0 Å². The molecule has 2 rings (SSSR count). The van der Waals surface area contributed by atoms with E-state index in [1.54, 1.807) is 0 Å². The van der Waals surface area contributed by atoms with Crippen LogP contribution in [-0.4, -0.2) is 9.79 Å². The van der Waals surface area contributed by atoms with Crippen LogP contribution in [0.2, 0.25) is 0 Å². The Bertz CT molecular complexity index is 708. The van der Waals surface area contributed by atoms with Gasteiger partial charge in [-0.05, 0) is 0 Å². The first-order chi connectivity index (χ1) is 16.1. The molecular weight excluding hydrogens is 423 g/mol. The van der Waals surface area contributed by atoms with Crippen LogP contribution in [0.15, 0.2) is 48.5 Å². The van der Waals surface area contributed by atoms with Gasteiger partial charge in [-0.2, -0.15) is 0 Å². The molecule has 0 aromatic heterocycles. The van der Waals surface area contributed by atoms with Gasteiger partial charge in [-0.1, -0.05) is 0 Å². The predicted molar refractivity (Wildman–Crippen MR) is 148 cm³/mol. The van der Waals surface area contributed by atoms with Crippen molar-refractivity contribution < 1.29 is 9.79 Å². The van der Waals surface area contributed by atoms with E-state index in [9.17, 15) is 9.79 Å². The Morgan fingerprint density at radius 1 is 0.485 bits per heavy atom. The molecule has 33 heavy (non-hydrogen) atoms. The average molecular weight is 473 g/mol. The van der Waals surface area contributed by atoms with Crippen LogP contribution in [-0.2, 0) is 12.8 Å². The standard InChI is InChI=1S/C30H49O2P/c1-3-5-7-9-11-13-15-21-27-23-17-19-25-29(27)33(31,32)30-26-20-18-24-28(30)22-16-14-12-10-8-6-4-2/h17-20,23-26,31-33H,3-16,21-22H2,1-2H3. The second-order valence-electron chi connectivity index (χ2n) is 9.73. The fourth-order valence-electron chi connectivity index (χ4n) is 4.85. The molecule has 2 N–H and O–H groups in total. The molecule has 0 aliphatic carbocycles. The van der Waals surface area contributed by atoms with Crippen molar-refractivity contribution in [2.45, 2.75) is 117 Å². The molecule has 0 saturated heterocycles. The van der Waals surface area contributed by atoms with Crippen molar-refractivity contribution in [1.29, 1.82) is 0 Å². The van der Waals surface area contributed by atoms with Crippen molar-refractivity contribution in [3.05, 3.63) is 59.7 Å². The van der Waals surface area contributed by atoms with E-state index in [0.717, 1.165) is 47.4 Å². The fourth-order valence-corrected chi connectivity index (χ4v) is 7.11. The van der Waals surface area contributed by atoms with E-state index < -0.39 is 7.72 Å². The first-order valence-electron chi connectivity index (χ1n) is 13.7. The van der Waals surface area contributed by atoms with E-state index in [1.165, 1.54) is 77.0 Å². The van der Waals surface area contributed by atoms with Gasteiger partial charge in [0.2, 0.25) is 0 Å². The van der Waals surface area contributed by atoms with E-state index in [-0.39, 0.29) is 0 Å². The first kappa shape index (κ1) is 28.0. The molecule has 2 nitrogen and oxygen atoms in total. The summed E-state index contributed by atoms with van der Waals surface area (Å²) in [4.78, 5) is 23.0. The number of benzene rings is 2. The molecule has 0 aliphatic heterocycles. The SMILES string of the molecule is CCCCCCCCCc1ccccc1[PH](O)(O)c1ccccc1CCCCCCCCC. The van der Waals surface area contributed by atoms with Gasteiger partial charge < -0.3 is 0 Å². The van der Waals surface area contributed by atoms with Crippen molar-refractivity contribution in [3.63, 3.8) is 0 Å². The van der Waals surface area contributed by atoms with Crippen LogP contribution in [0.25, 0.3) is 0 Å². The molecule has 0 fully saturated rings. The van der Waals surface area contributed by atoms with E-state index in [4.69, 9.17) is 0 Å². The summed E-state index contributed by atoms with van der Waals surface area (Å²) in [5, 5.41) is 1.56. The van der Waals surface area contributed by atoms with Gasteiger partial charge in [0.15, 0.2) is 0 Å². The molecule has 3 heteroatoms. The van der Waals surface area contributed by atoms with Gasteiger partial charge >= 0.3 is 204 Å². The van der Waals surface area contributed by atoms with Crippen molar-refractivity contribution in [2.24, 2.45) is 0 Å². The molecule has 0 aliphatic rings. The van der Waals surface area contributed by atoms with Crippen LogP contribution >= 0.6 is 7.72 Å². The van der Waals surface area contributed by atoms with Gasteiger partial charge in [0, 0.05) is 0 Å². The maximum atomic E-state index is 11.5. The molecule has 0 bridgehead atoms. The topological polar surface area (TPSA) is 40.5 Å². The third-order valence-corrected chi connectivity index (χ3v) is 9.36. The van der Waals surface area contributed by atoms with Gasteiger partial charge in [0.25, 0.3) is 0 Å². The summed E-state index contributed by atoms with van der Waals surface area (Å²) < 4.78 is 0. The van der Waals surface area contributed by atoms with Crippen LogP contribution < -0.4 is 10.6 Å². The summed E-state index contributed by atoms with van der Waals surface area (Å²) in [6, 6.07) is 16.1. The van der Waals surface area contributed by atoms with Gasteiger partial charge in [-0.3, -0.25) is 0 Å². The molecule has 0 spiro atoms. The normalized spacial score (nSPS) is 12.2. The molecule has 0 saturated carbocycles. The molecule has 0 heterocycles. The number of rotatable bonds is 18. The number of hydrogen-bond acceptors (Lipinski definition) is 2. The van der Waals surface area contributed by atoms with Crippen LogP contribution in [0.3, 0.4) is 0 Å². The van der Waals surface area contributed by atoms with Gasteiger partial charge in [-0.25, -0.2) is 0 Å². The Labute approximate surface area is 204 Å². The zero-order valence-corrected chi connectivity index (χ0v) is 22.3. The van der Waals surface area contributed by atoms with Crippen molar-refractivity contribution >= 4 is 18.3 Å². The molecular formula is C30H49O2P. The van der Waals surface area contributed by atoms with Crippen LogP contribution in [0.1, 0.15) is 115 Å². The Kier molecular flexibility index (Phi) is 13.9.